The molecule has 0 bridgehead atoms. The van der Waals surface area contributed by atoms with Crippen LogP contribution in [0.2, 0.25) is 5.02 Å². The first-order valence-corrected chi connectivity index (χ1v) is 17.3. The Hall–Kier alpha value is -2.75. The molecular formula is C32H34ClF2NO4S2. The van der Waals surface area contributed by atoms with E-state index in [2.05, 4.69) is 0 Å². The molecule has 1 fully saturated rings. The minimum atomic E-state index is -3.15. The van der Waals surface area contributed by atoms with Gasteiger partial charge in [0.1, 0.15) is 22.1 Å². The van der Waals surface area contributed by atoms with Crippen LogP contribution in [0.3, 0.4) is 0 Å². The Morgan fingerprint density at radius 3 is 2.40 bits per heavy atom. The lowest BCUT2D eigenvalue weighted by molar-refractivity contribution is 0.0618. The molecule has 2 aliphatic carbocycles. The number of halogens is 3. The van der Waals surface area contributed by atoms with Crippen LogP contribution in [0, 0.1) is 0 Å². The Bertz CT molecular complexity index is 1620. The van der Waals surface area contributed by atoms with Crippen molar-refractivity contribution in [3.05, 3.63) is 80.0 Å². The van der Waals surface area contributed by atoms with Crippen molar-refractivity contribution >= 4 is 44.5 Å². The summed E-state index contributed by atoms with van der Waals surface area (Å²) >= 11 is 7.56. The third-order valence-corrected chi connectivity index (χ3v) is 10.8. The van der Waals surface area contributed by atoms with E-state index in [-0.39, 0.29) is 51.0 Å². The highest BCUT2D eigenvalue weighted by Gasteiger charge is 2.40. The number of allylic oxidation sites excluding steroid dienone is 1. The summed E-state index contributed by atoms with van der Waals surface area (Å²) in [7, 11) is -1.57. The molecule has 0 unspecified atom stereocenters. The summed E-state index contributed by atoms with van der Waals surface area (Å²) in [5, 5.41) is -0.0342. The molecule has 5 rings (SSSR count). The molecule has 0 saturated heterocycles. The fraction of sp³-hybridized carbons (Fsp3) is 0.406. The quantitative estimate of drug-likeness (QED) is 0.250. The zero-order chi connectivity index (χ0) is 30.2. The van der Waals surface area contributed by atoms with E-state index in [9.17, 15) is 17.6 Å². The third-order valence-electron chi connectivity index (χ3n) is 8.03. The number of methoxy groups -OCH3 is 1. The molecule has 2 aromatic carbocycles. The molecule has 1 amide bonds. The maximum atomic E-state index is 15.4. The summed E-state index contributed by atoms with van der Waals surface area (Å²) in [6, 6.07) is 13.0. The molecule has 3 aromatic rings. The number of rotatable bonds is 8. The number of amides is 1. The van der Waals surface area contributed by atoms with Crippen molar-refractivity contribution in [3.63, 3.8) is 0 Å². The number of hydrogen-bond donors (Lipinski definition) is 0. The van der Waals surface area contributed by atoms with Crippen molar-refractivity contribution in [3.8, 4) is 16.9 Å². The number of thiophene rings is 1. The highest BCUT2D eigenvalue weighted by Crippen LogP contribution is 2.50. The summed E-state index contributed by atoms with van der Waals surface area (Å²) in [6.07, 6.45) is 7.01. The number of nitrogens with zero attached hydrogens (tertiary/aromatic N) is 1. The molecule has 1 atom stereocenters. The van der Waals surface area contributed by atoms with Gasteiger partial charge in [-0.3, -0.25) is 4.79 Å². The van der Waals surface area contributed by atoms with Gasteiger partial charge >= 0.3 is 0 Å². The SMILES string of the molecule is COc1ccc(-c2ccc(CS(C)(=O)=O)cc2)cc1CN(C(=O)c1sc2c(c1Cl)C(F)=CC[C@@]2(C)F)C1CCCCC1. The Kier molecular flexibility index (Phi) is 8.84. The summed E-state index contributed by atoms with van der Waals surface area (Å²) in [4.78, 5) is 16.3. The summed E-state index contributed by atoms with van der Waals surface area (Å²) < 4.78 is 59.3. The molecule has 42 heavy (non-hydrogen) atoms. The largest absolute Gasteiger partial charge is 0.496 e. The normalized spacial score (nSPS) is 19.2. The Labute approximate surface area is 255 Å². The lowest BCUT2D eigenvalue weighted by Gasteiger charge is -2.35. The molecule has 10 heteroatoms. The average Bonchev–Trinajstić information content (AvgIpc) is 3.32. The number of hydrogen-bond acceptors (Lipinski definition) is 5. The van der Waals surface area contributed by atoms with Crippen molar-refractivity contribution < 1.29 is 26.7 Å². The van der Waals surface area contributed by atoms with Gasteiger partial charge in [-0.25, -0.2) is 17.2 Å². The number of alkyl halides is 1. The van der Waals surface area contributed by atoms with Crippen molar-refractivity contribution in [1.29, 1.82) is 0 Å². The maximum absolute atomic E-state index is 15.4. The lowest BCUT2D eigenvalue weighted by Crippen LogP contribution is -2.40. The highest BCUT2D eigenvalue weighted by atomic mass is 35.5. The Morgan fingerprint density at radius 2 is 1.79 bits per heavy atom. The van der Waals surface area contributed by atoms with Gasteiger partial charge in [-0.2, -0.15) is 0 Å². The van der Waals surface area contributed by atoms with E-state index in [0.29, 0.717) is 11.3 Å². The number of sulfone groups is 1. The molecule has 0 N–H and O–H groups in total. The predicted octanol–water partition coefficient (Wildman–Crippen LogP) is 8.50. The predicted molar refractivity (Wildman–Crippen MR) is 165 cm³/mol. The Balaban J connectivity index is 1.51. The molecule has 0 aliphatic heterocycles. The zero-order valence-electron chi connectivity index (χ0n) is 23.9. The number of ether oxygens (including phenoxy) is 1. The Morgan fingerprint density at radius 1 is 1.12 bits per heavy atom. The van der Waals surface area contributed by atoms with Crippen LogP contribution in [0.25, 0.3) is 17.0 Å². The number of carbonyl (C=O) groups excluding carboxylic acids is 1. The average molecular weight is 634 g/mol. The van der Waals surface area contributed by atoms with E-state index in [1.807, 2.05) is 30.3 Å². The van der Waals surface area contributed by atoms with Crippen LogP contribution >= 0.6 is 22.9 Å². The van der Waals surface area contributed by atoms with Gasteiger partial charge < -0.3 is 9.64 Å². The molecular weight excluding hydrogens is 600 g/mol. The van der Waals surface area contributed by atoms with Crippen LogP contribution in [0.5, 0.6) is 5.75 Å². The van der Waals surface area contributed by atoms with Gasteiger partial charge in [0.25, 0.3) is 5.91 Å². The van der Waals surface area contributed by atoms with E-state index >= 15 is 4.39 Å². The number of fused-ring (bicyclic) bond motifs is 1. The molecule has 1 aromatic heterocycles. The summed E-state index contributed by atoms with van der Waals surface area (Å²) in [5.41, 5.74) is 1.46. The van der Waals surface area contributed by atoms with Crippen LogP contribution in [-0.4, -0.2) is 38.6 Å². The van der Waals surface area contributed by atoms with Gasteiger partial charge in [0.15, 0.2) is 9.84 Å². The van der Waals surface area contributed by atoms with E-state index in [4.69, 9.17) is 16.3 Å². The molecule has 224 valence electrons. The van der Waals surface area contributed by atoms with Crippen LogP contribution in [0.15, 0.2) is 48.5 Å². The second kappa shape index (κ2) is 12.1. The minimum Gasteiger partial charge on any atom is -0.496 e. The highest BCUT2D eigenvalue weighted by molar-refractivity contribution is 7.89. The molecule has 1 saturated carbocycles. The van der Waals surface area contributed by atoms with Crippen LogP contribution in [0.1, 0.15) is 76.7 Å². The van der Waals surface area contributed by atoms with Crippen LogP contribution < -0.4 is 4.74 Å². The summed E-state index contributed by atoms with van der Waals surface area (Å²) in [6.45, 7) is 1.62. The van der Waals surface area contributed by atoms with Crippen LogP contribution in [-0.2, 0) is 27.8 Å². The second-order valence-corrected chi connectivity index (χ2v) is 15.0. The molecule has 5 nitrogen and oxygen atoms in total. The first kappa shape index (κ1) is 30.7. The minimum absolute atomic E-state index is 0.0104. The molecule has 2 aliphatic rings. The standard InChI is InChI=1S/C32H34ClF2NO4S2/c1-32(35)16-15-25(34)27-28(33)29(41-30(27)32)31(37)36(24-7-5-4-6-8-24)18-23-17-22(13-14-26(23)40-2)21-11-9-20(10-12-21)19-42(3,38)39/h9-15,17,24H,4-8,16,18-19H2,1-3H3/t32-/m1/s1. The van der Waals surface area contributed by atoms with Gasteiger partial charge in [-0.1, -0.05) is 61.2 Å². The van der Waals surface area contributed by atoms with Gasteiger partial charge in [-0.15, -0.1) is 11.3 Å². The monoisotopic (exact) mass is 633 g/mol. The lowest BCUT2D eigenvalue weighted by atomic mass is 9.92. The van der Waals surface area contributed by atoms with Gasteiger partial charge in [0.05, 0.1) is 22.8 Å². The molecule has 0 radical (unpaired) electrons. The fourth-order valence-corrected chi connectivity index (χ4v) is 8.29. The fourth-order valence-electron chi connectivity index (χ4n) is 5.86. The van der Waals surface area contributed by atoms with Crippen molar-refractivity contribution in [2.45, 2.75) is 69.5 Å². The van der Waals surface area contributed by atoms with Gasteiger partial charge in [0, 0.05) is 36.4 Å². The summed E-state index contributed by atoms with van der Waals surface area (Å²) in [5.74, 6) is -0.354. The smallest absolute Gasteiger partial charge is 0.266 e. The van der Waals surface area contributed by atoms with Gasteiger partial charge in [0.2, 0.25) is 0 Å². The van der Waals surface area contributed by atoms with E-state index in [0.717, 1.165) is 60.1 Å². The first-order chi connectivity index (χ1) is 19.9. The van der Waals surface area contributed by atoms with Crippen molar-refractivity contribution in [2.75, 3.05) is 13.4 Å². The second-order valence-electron chi connectivity index (χ2n) is 11.4. The van der Waals surface area contributed by atoms with E-state index in [1.165, 1.54) is 19.3 Å². The number of benzene rings is 2. The number of carbonyl (C=O) groups is 1. The molecule has 0 spiro atoms. The molecule has 1 heterocycles. The van der Waals surface area contributed by atoms with E-state index in [1.54, 1.807) is 24.1 Å². The zero-order valence-corrected chi connectivity index (χ0v) is 26.3. The third kappa shape index (κ3) is 6.43. The first-order valence-electron chi connectivity index (χ1n) is 14.0. The van der Waals surface area contributed by atoms with Crippen molar-refractivity contribution in [2.24, 2.45) is 0 Å². The van der Waals surface area contributed by atoms with Gasteiger partial charge in [-0.05, 0) is 54.7 Å². The maximum Gasteiger partial charge on any atom is 0.266 e. The van der Waals surface area contributed by atoms with E-state index < -0.39 is 21.3 Å². The van der Waals surface area contributed by atoms with Crippen LogP contribution in [0.4, 0.5) is 8.78 Å². The topological polar surface area (TPSA) is 63.7 Å². The van der Waals surface area contributed by atoms with Crippen molar-refractivity contribution in [1.82, 2.24) is 4.90 Å².